The second-order valence-electron chi connectivity index (χ2n) is 8.61. The molecule has 37 heavy (non-hydrogen) atoms. The minimum atomic E-state index is -1.30. The molecule has 1 unspecified atom stereocenters. The molecule has 3 aliphatic heterocycles. The third kappa shape index (κ3) is 5.39. The fourth-order valence-corrected chi connectivity index (χ4v) is 5.80. The number of thioether (sulfide) groups is 1. The van der Waals surface area contributed by atoms with Gasteiger partial charge in [0, 0.05) is 44.1 Å². The van der Waals surface area contributed by atoms with Crippen LogP contribution in [0, 0.1) is 0 Å². The molecular weight excluding hydrogens is 522 g/mol. The molecule has 3 heterocycles. The van der Waals surface area contributed by atoms with Crippen molar-refractivity contribution in [1.29, 1.82) is 0 Å². The lowest BCUT2D eigenvalue weighted by atomic mass is 10.0. The summed E-state index contributed by atoms with van der Waals surface area (Å²) in [7, 11) is 1.69. The first kappa shape index (κ1) is 26.4. The van der Waals surface area contributed by atoms with E-state index in [1.807, 2.05) is 0 Å². The normalized spacial score (nSPS) is 20.9. The highest BCUT2D eigenvalue weighted by Gasteiger charge is 2.54. The van der Waals surface area contributed by atoms with Crippen LogP contribution in [0.25, 0.3) is 0 Å². The quantitative estimate of drug-likeness (QED) is 0.252. The standard InChI is InChI=1S/C23H25N5O7S2/c1-12(29)35-10-14-11-37-20-17(19(31)28(20)18(14)21(32)33)25-16(30)9-13-5-3-4-6-15(13)24-22(36)27-8-7-26(2)23(27)34/h3-6,17,20H,7-11H2,1-2H3,(H,24,36)(H,25,30)(H,32,33)/t17?,20-/m1/s1. The molecule has 0 saturated carbocycles. The number of rotatable bonds is 7. The number of urea groups is 1. The largest absolute Gasteiger partial charge is 0.477 e. The molecule has 14 heteroatoms. The van der Waals surface area contributed by atoms with E-state index in [-0.39, 0.29) is 35.6 Å². The van der Waals surface area contributed by atoms with Crippen LogP contribution in [0.1, 0.15) is 12.5 Å². The van der Waals surface area contributed by atoms with Gasteiger partial charge in [-0.3, -0.25) is 24.2 Å². The zero-order chi connectivity index (χ0) is 26.9. The fourth-order valence-electron chi connectivity index (χ4n) is 4.20. The minimum Gasteiger partial charge on any atom is -0.477 e. The molecule has 2 fully saturated rings. The van der Waals surface area contributed by atoms with E-state index in [9.17, 15) is 29.1 Å². The van der Waals surface area contributed by atoms with Crippen LogP contribution in [0.3, 0.4) is 0 Å². The number of anilines is 1. The smallest absolute Gasteiger partial charge is 0.352 e. The molecule has 0 aromatic heterocycles. The number of thiocarbonyl (C=S) groups is 1. The lowest BCUT2D eigenvalue weighted by Gasteiger charge is -2.49. The molecule has 0 bridgehead atoms. The Balaban J connectivity index is 1.40. The predicted octanol–water partition coefficient (Wildman–Crippen LogP) is 0.595. The first-order valence-electron chi connectivity index (χ1n) is 11.3. The molecule has 4 rings (SSSR count). The maximum Gasteiger partial charge on any atom is 0.352 e. The van der Waals surface area contributed by atoms with Gasteiger partial charge in [-0.2, -0.15) is 0 Å². The number of carboxylic acids is 1. The van der Waals surface area contributed by atoms with Crippen molar-refractivity contribution in [2.24, 2.45) is 0 Å². The first-order chi connectivity index (χ1) is 17.6. The van der Waals surface area contributed by atoms with Crippen molar-refractivity contribution in [1.82, 2.24) is 20.0 Å². The molecule has 1 aromatic carbocycles. The number of ether oxygens (including phenoxy) is 1. The van der Waals surface area contributed by atoms with Gasteiger partial charge in [0.1, 0.15) is 23.7 Å². The maximum absolute atomic E-state index is 12.9. The Morgan fingerprint density at radius 1 is 1.22 bits per heavy atom. The summed E-state index contributed by atoms with van der Waals surface area (Å²) in [6, 6.07) is 5.90. The highest BCUT2D eigenvalue weighted by molar-refractivity contribution is 8.00. The van der Waals surface area contributed by atoms with Crippen LogP contribution in [-0.4, -0.2) is 98.6 Å². The molecule has 4 amide bonds. The average Bonchev–Trinajstić information content (AvgIpc) is 3.19. The van der Waals surface area contributed by atoms with Crippen LogP contribution in [0.5, 0.6) is 0 Å². The van der Waals surface area contributed by atoms with Gasteiger partial charge in [0.2, 0.25) is 5.91 Å². The Bertz CT molecular complexity index is 1220. The lowest BCUT2D eigenvalue weighted by Crippen LogP contribution is -2.70. The van der Waals surface area contributed by atoms with Crippen LogP contribution in [0.4, 0.5) is 10.5 Å². The van der Waals surface area contributed by atoms with E-state index in [1.54, 1.807) is 36.2 Å². The minimum absolute atomic E-state index is 0.0693. The number of β-lactam (4-membered cyclic amide) rings is 1. The molecule has 2 atom stereocenters. The summed E-state index contributed by atoms with van der Waals surface area (Å²) in [5.74, 6) is -2.59. The van der Waals surface area contributed by atoms with Gasteiger partial charge < -0.3 is 25.4 Å². The second-order valence-corrected chi connectivity index (χ2v) is 10.1. The number of esters is 1. The number of carboxylic acid groups (broad SMARTS) is 1. The van der Waals surface area contributed by atoms with E-state index in [0.717, 1.165) is 4.90 Å². The second kappa shape index (κ2) is 10.8. The number of carbonyl (C=O) groups is 5. The molecular formula is C23H25N5O7S2. The Labute approximate surface area is 222 Å². The molecule has 3 N–H and O–H groups in total. The molecule has 0 radical (unpaired) electrons. The Morgan fingerprint density at radius 2 is 1.95 bits per heavy atom. The summed E-state index contributed by atoms with van der Waals surface area (Å²) in [5, 5.41) is 15.0. The lowest BCUT2D eigenvalue weighted by molar-refractivity contribution is -0.151. The van der Waals surface area contributed by atoms with Gasteiger partial charge in [0.05, 0.1) is 6.42 Å². The number of para-hydroxylation sites is 1. The van der Waals surface area contributed by atoms with Gasteiger partial charge in [0.15, 0.2) is 5.11 Å². The van der Waals surface area contributed by atoms with Gasteiger partial charge >= 0.3 is 18.0 Å². The van der Waals surface area contributed by atoms with Crippen LogP contribution in [0.2, 0.25) is 0 Å². The molecule has 1 aromatic rings. The number of carbonyl (C=O) groups excluding carboxylic acids is 4. The highest BCUT2D eigenvalue weighted by Crippen LogP contribution is 2.40. The molecule has 196 valence electrons. The molecule has 2 saturated heterocycles. The Hall–Kier alpha value is -3.65. The number of hydrogen-bond acceptors (Lipinski definition) is 8. The molecule has 0 aliphatic carbocycles. The Morgan fingerprint density at radius 3 is 2.59 bits per heavy atom. The third-order valence-corrected chi connectivity index (χ3v) is 7.75. The average molecular weight is 548 g/mol. The number of fused-ring (bicyclic) bond motifs is 1. The number of benzene rings is 1. The predicted molar refractivity (Wildman–Crippen MR) is 137 cm³/mol. The van der Waals surface area contributed by atoms with Gasteiger partial charge in [-0.15, -0.1) is 11.8 Å². The zero-order valence-electron chi connectivity index (χ0n) is 20.1. The van der Waals surface area contributed by atoms with Crippen LogP contribution < -0.4 is 10.6 Å². The number of nitrogens with zero attached hydrogens (tertiary/aromatic N) is 3. The summed E-state index contributed by atoms with van der Waals surface area (Å²) < 4.78 is 4.92. The monoisotopic (exact) mass is 547 g/mol. The summed E-state index contributed by atoms with van der Waals surface area (Å²) in [4.78, 5) is 65.0. The number of amides is 4. The van der Waals surface area contributed by atoms with E-state index in [4.69, 9.17) is 17.0 Å². The molecule has 0 spiro atoms. The number of likely N-dealkylation sites (N-methyl/N-ethyl adjacent to an activating group) is 1. The van der Waals surface area contributed by atoms with Crippen molar-refractivity contribution in [3.63, 3.8) is 0 Å². The van der Waals surface area contributed by atoms with E-state index in [2.05, 4.69) is 10.6 Å². The van der Waals surface area contributed by atoms with E-state index in [0.29, 0.717) is 29.9 Å². The highest BCUT2D eigenvalue weighted by atomic mass is 32.2. The maximum atomic E-state index is 12.9. The summed E-state index contributed by atoms with van der Waals surface area (Å²) in [5.41, 5.74) is 1.27. The first-order valence-corrected chi connectivity index (χ1v) is 12.8. The number of nitrogens with one attached hydrogen (secondary N) is 2. The van der Waals surface area contributed by atoms with E-state index >= 15 is 0 Å². The van der Waals surface area contributed by atoms with Crippen molar-refractivity contribution in [2.75, 3.05) is 37.8 Å². The van der Waals surface area contributed by atoms with Crippen molar-refractivity contribution < 1.29 is 33.8 Å². The topological polar surface area (TPSA) is 149 Å². The van der Waals surface area contributed by atoms with Crippen molar-refractivity contribution >= 4 is 64.6 Å². The van der Waals surface area contributed by atoms with Gasteiger partial charge in [-0.1, -0.05) is 18.2 Å². The molecule has 12 nitrogen and oxygen atoms in total. The van der Waals surface area contributed by atoms with Gasteiger partial charge in [-0.05, 0) is 23.8 Å². The van der Waals surface area contributed by atoms with Crippen molar-refractivity contribution in [3.05, 3.63) is 41.1 Å². The summed E-state index contributed by atoms with van der Waals surface area (Å²) in [6.07, 6.45) is -0.0693. The van der Waals surface area contributed by atoms with Crippen molar-refractivity contribution in [3.8, 4) is 0 Å². The third-order valence-electron chi connectivity index (χ3n) is 6.09. The van der Waals surface area contributed by atoms with Crippen molar-refractivity contribution in [2.45, 2.75) is 24.8 Å². The number of aliphatic carboxylic acids is 1. The summed E-state index contributed by atoms with van der Waals surface area (Å²) >= 11 is 6.67. The van der Waals surface area contributed by atoms with Crippen LogP contribution in [0.15, 0.2) is 35.5 Å². The Kier molecular flexibility index (Phi) is 7.68. The van der Waals surface area contributed by atoms with Crippen LogP contribution >= 0.6 is 24.0 Å². The fraction of sp³-hybridized carbons (Fsp3) is 0.391. The number of hydrogen-bond donors (Lipinski definition) is 3. The van der Waals surface area contributed by atoms with E-state index in [1.165, 1.54) is 23.6 Å². The van der Waals surface area contributed by atoms with Gasteiger partial charge in [0.25, 0.3) is 5.91 Å². The SMILES string of the molecule is CC(=O)OCC1=C(C(=O)O)N2C(=O)C(NC(=O)Cc3ccccc3NC(=S)N3CCN(C)C3=O)[C@H]2SC1. The van der Waals surface area contributed by atoms with Crippen LogP contribution in [-0.2, 0) is 30.3 Å². The zero-order valence-corrected chi connectivity index (χ0v) is 21.7. The van der Waals surface area contributed by atoms with E-state index < -0.39 is 35.2 Å². The summed E-state index contributed by atoms with van der Waals surface area (Å²) in [6.45, 7) is 2.01. The molecule has 3 aliphatic rings. The van der Waals surface area contributed by atoms with Gasteiger partial charge in [-0.25, -0.2) is 9.59 Å².